The zero-order valence-electron chi connectivity index (χ0n) is 12.3. The molecule has 0 saturated carbocycles. The molecule has 0 atom stereocenters. The van der Waals surface area contributed by atoms with E-state index in [2.05, 4.69) is 10.0 Å². The number of carbonyl (C=O) groups is 2. The molecule has 0 spiro atoms. The van der Waals surface area contributed by atoms with Crippen molar-refractivity contribution >= 4 is 21.7 Å². The van der Waals surface area contributed by atoms with Gasteiger partial charge in [-0.1, -0.05) is 19.1 Å². The monoisotopic (exact) mass is 312 g/mol. The summed E-state index contributed by atoms with van der Waals surface area (Å²) < 4.78 is 26.4. The van der Waals surface area contributed by atoms with Crippen molar-refractivity contribution in [3.63, 3.8) is 0 Å². The maximum Gasteiger partial charge on any atom is 0.241 e. The first-order valence-electron chi connectivity index (χ1n) is 6.68. The molecular weight excluding hydrogens is 292 g/mol. The van der Waals surface area contributed by atoms with Gasteiger partial charge < -0.3 is 5.32 Å². The van der Waals surface area contributed by atoms with Gasteiger partial charge in [-0.3, -0.25) is 9.59 Å². The lowest BCUT2D eigenvalue weighted by atomic mass is 10.1. The van der Waals surface area contributed by atoms with Crippen LogP contribution in [0.5, 0.6) is 0 Å². The van der Waals surface area contributed by atoms with Crippen LogP contribution in [0.3, 0.4) is 0 Å². The largest absolute Gasteiger partial charge is 0.353 e. The fraction of sp³-hybridized carbons (Fsp3) is 0.429. The zero-order valence-corrected chi connectivity index (χ0v) is 13.2. The van der Waals surface area contributed by atoms with E-state index in [1.54, 1.807) is 26.8 Å². The van der Waals surface area contributed by atoms with Gasteiger partial charge in [0.1, 0.15) is 0 Å². The molecule has 1 aromatic carbocycles. The summed E-state index contributed by atoms with van der Waals surface area (Å²) in [4.78, 5) is 23.0. The van der Waals surface area contributed by atoms with Crippen LogP contribution in [-0.4, -0.2) is 32.7 Å². The molecule has 0 aliphatic rings. The van der Waals surface area contributed by atoms with Gasteiger partial charge in [0.25, 0.3) is 0 Å². The number of nitrogens with one attached hydrogen (secondary N) is 2. The number of amides is 1. The van der Waals surface area contributed by atoms with Crippen LogP contribution in [0.15, 0.2) is 29.2 Å². The highest BCUT2D eigenvalue weighted by Crippen LogP contribution is 2.12. The summed E-state index contributed by atoms with van der Waals surface area (Å²) >= 11 is 0. The van der Waals surface area contributed by atoms with Gasteiger partial charge in [0.2, 0.25) is 15.9 Å². The van der Waals surface area contributed by atoms with Crippen LogP contribution in [-0.2, 0) is 14.8 Å². The number of sulfonamides is 1. The molecule has 0 bridgehead atoms. The molecule has 1 amide bonds. The zero-order chi connectivity index (χ0) is 16.0. The molecule has 21 heavy (non-hydrogen) atoms. The predicted octanol–water partition coefficient (Wildman–Crippen LogP) is 1.08. The van der Waals surface area contributed by atoms with E-state index in [0.29, 0.717) is 12.0 Å². The fourth-order valence-electron chi connectivity index (χ4n) is 1.66. The topological polar surface area (TPSA) is 92.3 Å². The van der Waals surface area contributed by atoms with Gasteiger partial charge in [-0.25, -0.2) is 13.1 Å². The van der Waals surface area contributed by atoms with Crippen molar-refractivity contribution in [3.05, 3.63) is 29.8 Å². The molecule has 0 aliphatic carbocycles. The highest BCUT2D eigenvalue weighted by molar-refractivity contribution is 7.89. The summed E-state index contributed by atoms with van der Waals surface area (Å²) in [6.45, 7) is 4.93. The summed E-state index contributed by atoms with van der Waals surface area (Å²) in [5, 5.41) is 2.59. The van der Waals surface area contributed by atoms with E-state index in [4.69, 9.17) is 0 Å². The van der Waals surface area contributed by atoms with Crippen molar-refractivity contribution in [2.75, 3.05) is 6.54 Å². The quantitative estimate of drug-likeness (QED) is 0.737. The van der Waals surface area contributed by atoms with E-state index in [1.807, 2.05) is 0 Å². The van der Waals surface area contributed by atoms with Crippen molar-refractivity contribution < 1.29 is 18.0 Å². The first-order valence-corrected chi connectivity index (χ1v) is 8.17. The molecule has 1 aromatic rings. The van der Waals surface area contributed by atoms with Crippen LogP contribution in [0.4, 0.5) is 0 Å². The summed E-state index contributed by atoms with van der Waals surface area (Å²) in [6, 6.07) is 5.71. The highest BCUT2D eigenvalue weighted by Gasteiger charge is 2.17. The molecule has 7 heteroatoms. The SMILES string of the molecule is CCC(=O)c1cccc(S(=O)(=O)NCC(=O)NC(C)C)c1. The molecular formula is C14H20N2O4S. The van der Waals surface area contributed by atoms with Crippen LogP contribution in [0.2, 0.25) is 0 Å². The lowest BCUT2D eigenvalue weighted by molar-refractivity contribution is -0.120. The maximum atomic E-state index is 12.1. The van der Waals surface area contributed by atoms with E-state index in [-0.39, 0.29) is 23.3 Å². The van der Waals surface area contributed by atoms with Crippen molar-refractivity contribution in [2.45, 2.75) is 38.1 Å². The Bertz CT molecular complexity index is 624. The van der Waals surface area contributed by atoms with Gasteiger partial charge in [0, 0.05) is 18.0 Å². The number of carbonyl (C=O) groups excluding carboxylic acids is 2. The standard InChI is InChI=1S/C14H20N2O4S/c1-4-13(17)11-6-5-7-12(8-11)21(19,20)15-9-14(18)16-10(2)3/h5-8,10,15H,4,9H2,1-3H3,(H,16,18). The summed E-state index contributed by atoms with van der Waals surface area (Å²) in [7, 11) is -3.82. The van der Waals surface area contributed by atoms with E-state index in [9.17, 15) is 18.0 Å². The average Bonchev–Trinajstić information content (AvgIpc) is 2.44. The molecule has 0 saturated heterocycles. The lowest BCUT2D eigenvalue weighted by Gasteiger charge is -2.10. The molecule has 0 fully saturated rings. The number of Topliss-reactive ketones (excluding diaryl/α,β-unsaturated/α-hetero) is 1. The molecule has 6 nitrogen and oxygen atoms in total. The Morgan fingerprint density at radius 1 is 1.24 bits per heavy atom. The number of rotatable bonds is 7. The normalized spacial score (nSPS) is 11.4. The molecule has 1 rings (SSSR count). The van der Waals surface area contributed by atoms with Gasteiger partial charge in [-0.15, -0.1) is 0 Å². The van der Waals surface area contributed by atoms with E-state index in [1.165, 1.54) is 18.2 Å². The lowest BCUT2D eigenvalue weighted by Crippen LogP contribution is -2.39. The van der Waals surface area contributed by atoms with Crippen LogP contribution in [0.1, 0.15) is 37.6 Å². The first kappa shape index (κ1) is 17.3. The Morgan fingerprint density at radius 2 is 1.90 bits per heavy atom. The number of ketones is 1. The van der Waals surface area contributed by atoms with Crippen LogP contribution >= 0.6 is 0 Å². The third kappa shape index (κ3) is 5.28. The molecule has 2 N–H and O–H groups in total. The summed E-state index contributed by atoms with van der Waals surface area (Å²) in [5.74, 6) is -0.543. The molecule has 0 aliphatic heterocycles. The van der Waals surface area contributed by atoms with Crippen LogP contribution in [0.25, 0.3) is 0 Å². The van der Waals surface area contributed by atoms with Gasteiger partial charge in [-0.2, -0.15) is 0 Å². The van der Waals surface area contributed by atoms with E-state index < -0.39 is 15.9 Å². The third-order valence-electron chi connectivity index (χ3n) is 2.66. The number of hydrogen-bond acceptors (Lipinski definition) is 4. The molecule has 0 radical (unpaired) electrons. The Balaban J connectivity index is 2.83. The fourth-order valence-corrected chi connectivity index (χ4v) is 2.69. The minimum absolute atomic E-state index is 0.0286. The van der Waals surface area contributed by atoms with Crippen molar-refractivity contribution in [2.24, 2.45) is 0 Å². The van der Waals surface area contributed by atoms with Gasteiger partial charge in [0.15, 0.2) is 5.78 Å². The smallest absolute Gasteiger partial charge is 0.241 e. The molecule has 0 heterocycles. The Morgan fingerprint density at radius 3 is 2.48 bits per heavy atom. The third-order valence-corrected chi connectivity index (χ3v) is 4.06. The molecule has 116 valence electrons. The number of benzene rings is 1. The van der Waals surface area contributed by atoms with Crippen molar-refractivity contribution in [1.29, 1.82) is 0 Å². The second kappa shape index (κ2) is 7.33. The molecule has 0 aromatic heterocycles. The average molecular weight is 312 g/mol. The minimum atomic E-state index is -3.82. The van der Waals surface area contributed by atoms with Crippen molar-refractivity contribution in [1.82, 2.24) is 10.0 Å². The van der Waals surface area contributed by atoms with Gasteiger partial charge in [-0.05, 0) is 26.0 Å². The minimum Gasteiger partial charge on any atom is -0.353 e. The van der Waals surface area contributed by atoms with Crippen LogP contribution < -0.4 is 10.0 Å². The van der Waals surface area contributed by atoms with Gasteiger partial charge in [0.05, 0.1) is 11.4 Å². The van der Waals surface area contributed by atoms with Crippen molar-refractivity contribution in [3.8, 4) is 0 Å². The van der Waals surface area contributed by atoms with E-state index in [0.717, 1.165) is 0 Å². The summed E-state index contributed by atoms with van der Waals surface area (Å²) in [5.41, 5.74) is 0.340. The Kier molecular flexibility index (Phi) is 6.04. The first-order chi connectivity index (χ1) is 9.76. The Labute approximate surface area is 125 Å². The second-order valence-electron chi connectivity index (χ2n) is 4.85. The summed E-state index contributed by atoms with van der Waals surface area (Å²) in [6.07, 6.45) is 0.299. The highest BCUT2D eigenvalue weighted by atomic mass is 32.2. The maximum absolute atomic E-state index is 12.1. The predicted molar refractivity (Wildman–Crippen MR) is 79.5 cm³/mol. The Hall–Kier alpha value is -1.73. The second-order valence-corrected chi connectivity index (χ2v) is 6.62. The van der Waals surface area contributed by atoms with Crippen LogP contribution in [0, 0.1) is 0 Å². The van der Waals surface area contributed by atoms with E-state index >= 15 is 0 Å². The number of hydrogen-bond donors (Lipinski definition) is 2. The molecule has 0 unspecified atom stereocenters. The van der Waals surface area contributed by atoms with Gasteiger partial charge >= 0.3 is 0 Å².